The number of hydrogen-bond acceptors (Lipinski definition) is 1. The Morgan fingerprint density at radius 2 is 1.04 bits per heavy atom. The molecule has 0 bridgehead atoms. The van der Waals surface area contributed by atoms with Gasteiger partial charge in [0.15, 0.2) is 5.85 Å². The van der Waals surface area contributed by atoms with Crippen molar-refractivity contribution in [2.45, 2.75) is 90.3 Å². The fourth-order valence-corrected chi connectivity index (χ4v) is 3.35. The third-order valence-corrected chi connectivity index (χ3v) is 5.17. The van der Waals surface area contributed by atoms with Gasteiger partial charge in [-0.15, -0.1) is 0 Å². The summed E-state index contributed by atoms with van der Waals surface area (Å²) in [7, 11) is -10.4. The van der Waals surface area contributed by atoms with Crippen molar-refractivity contribution in [1.82, 2.24) is 0 Å². The van der Waals surface area contributed by atoms with Gasteiger partial charge in [0.05, 0.1) is 6.16 Å². The Balaban J connectivity index is 0. The molecule has 9 heteroatoms. The zero-order valence-corrected chi connectivity index (χ0v) is 16.9. The van der Waals surface area contributed by atoms with Gasteiger partial charge in [-0.2, -0.15) is 0 Å². The second-order valence-corrected chi connectivity index (χ2v) is 9.88. The van der Waals surface area contributed by atoms with E-state index in [4.69, 9.17) is 0 Å². The number of unbranched alkanes of at least 4 members (excludes halogenated alkanes) is 9. The first-order chi connectivity index (χ1) is 10.8. The zero-order valence-electron chi connectivity index (χ0n) is 14.8. The molecule has 0 amide bonds. The Bertz CT molecular complexity index is 282. The van der Waals surface area contributed by atoms with Crippen LogP contribution in [-0.4, -0.2) is 17.1 Å². The van der Waals surface area contributed by atoms with E-state index in [0.717, 1.165) is 6.42 Å². The van der Waals surface area contributed by atoms with Gasteiger partial charge in [0.2, 0.25) is 0 Å². The van der Waals surface area contributed by atoms with Crippen LogP contribution in [0.25, 0.3) is 0 Å². The van der Waals surface area contributed by atoms with E-state index in [1.165, 1.54) is 70.4 Å². The average molecular weight is 406 g/mol. The molecule has 0 aromatic heterocycles. The minimum absolute atomic E-state index is 0.0357. The average Bonchev–Trinajstić information content (AvgIpc) is 2.41. The van der Waals surface area contributed by atoms with Crippen molar-refractivity contribution in [1.29, 1.82) is 0 Å². The zero-order chi connectivity index (χ0) is 19.2. The molecule has 0 spiro atoms. The molecule has 0 aliphatic carbocycles. The van der Waals surface area contributed by atoms with Crippen molar-refractivity contribution in [3.05, 3.63) is 0 Å². The van der Waals surface area contributed by atoms with Crippen LogP contribution < -0.4 is 0 Å². The molecule has 0 aliphatic rings. The van der Waals surface area contributed by atoms with Crippen LogP contribution in [0.5, 0.6) is 0 Å². The molecule has 1 nitrogen and oxygen atoms in total. The number of rotatable bonds is 13. The molecule has 2 atom stereocenters. The molecule has 0 aromatic carbocycles. The van der Waals surface area contributed by atoms with Crippen LogP contribution in [0.2, 0.25) is 0 Å². The van der Waals surface area contributed by atoms with E-state index >= 15 is 0 Å². The summed E-state index contributed by atoms with van der Waals surface area (Å²) in [6.45, 7) is 4.35. The third kappa shape index (κ3) is 43.3. The Kier molecular flexibility index (Phi) is 13.2. The van der Waals surface area contributed by atoms with Gasteiger partial charge in [-0.3, -0.25) is 0 Å². The molecule has 0 saturated heterocycles. The predicted octanol–water partition coefficient (Wildman–Crippen LogP) is 8.43. The van der Waals surface area contributed by atoms with Crippen molar-refractivity contribution < 1.29 is 30.3 Å². The van der Waals surface area contributed by atoms with Gasteiger partial charge < -0.3 is 5.11 Å². The molecule has 0 heterocycles. The Labute approximate surface area is 144 Å². The topological polar surface area (TPSA) is 20.2 Å². The quantitative estimate of drug-likeness (QED) is 0.185. The summed E-state index contributed by atoms with van der Waals surface area (Å²) < 4.78 is 59.2. The molecule has 0 aliphatic heterocycles. The van der Waals surface area contributed by atoms with Crippen LogP contribution in [0, 0.1) is 0 Å². The van der Waals surface area contributed by atoms with E-state index in [-0.39, 0.29) is 5.85 Å². The summed E-state index contributed by atoms with van der Waals surface area (Å²) in [4.78, 5) is 0. The van der Waals surface area contributed by atoms with Crippen LogP contribution >= 0.6 is 16.4 Å². The van der Waals surface area contributed by atoms with Crippen LogP contribution in [0.4, 0.5) is 25.2 Å². The molecular weight excluding hydrogens is 372 g/mol. The maximum absolute atomic E-state index is 10.7. The molecule has 0 rings (SSSR count). The maximum atomic E-state index is 9.87. The van der Waals surface area contributed by atoms with Gasteiger partial charge in [-0.1, -0.05) is 65.2 Å². The summed E-state index contributed by atoms with van der Waals surface area (Å²) in [6, 6.07) is 0. The first-order valence-corrected chi connectivity index (χ1v) is 12.3. The SMILES string of the molecule is CCCCCCCCCCCC[PH2+]C(O)CC.F[P-](F)(F)(F)(F)F. The summed E-state index contributed by atoms with van der Waals surface area (Å²) in [6.07, 6.45) is 16.4. The second kappa shape index (κ2) is 11.9. The van der Waals surface area contributed by atoms with Crippen molar-refractivity contribution in [2.24, 2.45) is 0 Å². The van der Waals surface area contributed by atoms with E-state index in [9.17, 15) is 30.3 Å². The number of hydrogen-bond donors (Lipinski definition) is 1. The summed E-state index contributed by atoms with van der Waals surface area (Å²) >= 11 is 0. The fraction of sp³-hybridized carbons (Fsp3) is 1.00. The third-order valence-electron chi connectivity index (χ3n) is 3.41. The summed E-state index contributed by atoms with van der Waals surface area (Å²) in [5, 5.41) is 9.44. The van der Waals surface area contributed by atoms with E-state index in [1.54, 1.807) is 0 Å². The minimum atomic E-state index is -10.7. The van der Waals surface area contributed by atoms with Gasteiger partial charge in [-0.25, -0.2) is 0 Å². The van der Waals surface area contributed by atoms with E-state index < -0.39 is 7.81 Å². The monoisotopic (exact) mass is 406 g/mol. The second-order valence-electron chi connectivity index (χ2n) is 6.14. The summed E-state index contributed by atoms with van der Waals surface area (Å²) in [5.74, 6) is 0.0357. The number of aliphatic hydroxyl groups excluding tert-OH is 1. The molecule has 152 valence electrons. The van der Waals surface area contributed by atoms with E-state index in [2.05, 4.69) is 13.8 Å². The Morgan fingerprint density at radius 3 is 1.38 bits per heavy atom. The van der Waals surface area contributed by atoms with Crippen molar-refractivity contribution in [2.75, 3.05) is 6.16 Å². The molecule has 1 N–H and O–H groups in total. The Hall–Kier alpha value is 0.400. The Morgan fingerprint density at radius 1 is 0.708 bits per heavy atom. The first kappa shape index (κ1) is 26.6. The number of aliphatic hydroxyl groups is 1. The molecule has 0 aromatic rings. The molecule has 0 radical (unpaired) electrons. The van der Waals surface area contributed by atoms with Crippen molar-refractivity contribution >= 4 is 16.4 Å². The van der Waals surface area contributed by atoms with Gasteiger partial charge in [0.25, 0.3) is 0 Å². The molecule has 0 saturated carbocycles. The van der Waals surface area contributed by atoms with Crippen LogP contribution in [0.1, 0.15) is 84.5 Å². The van der Waals surface area contributed by atoms with Crippen molar-refractivity contribution in [3.63, 3.8) is 0 Å². The van der Waals surface area contributed by atoms with Gasteiger partial charge in [0, 0.05) is 15.0 Å². The molecule has 2 unspecified atom stereocenters. The standard InChI is InChI=1S/C15H33OP.F6P/c1-3-5-6-7-8-9-10-11-12-13-14-17-15(16)4-2;1-7(2,3,4,5)6/h15-17H,3-14H2,1-2H3;/q;-1/p+1. The normalized spacial score (nSPS) is 16.4. The number of halogens is 6. The predicted molar refractivity (Wildman–Crippen MR) is 96.3 cm³/mol. The van der Waals surface area contributed by atoms with Crippen molar-refractivity contribution in [3.8, 4) is 0 Å². The van der Waals surface area contributed by atoms with Crippen LogP contribution in [0.3, 0.4) is 0 Å². The van der Waals surface area contributed by atoms with Crippen LogP contribution in [-0.2, 0) is 0 Å². The molecule has 0 fully saturated rings. The summed E-state index contributed by atoms with van der Waals surface area (Å²) in [5.41, 5.74) is 0. The van der Waals surface area contributed by atoms with Gasteiger partial charge in [-0.05, 0) is 12.8 Å². The van der Waals surface area contributed by atoms with Gasteiger partial charge >= 0.3 is 33.0 Å². The van der Waals surface area contributed by atoms with Crippen LogP contribution in [0.15, 0.2) is 0 Å². The molecule has 24 heavy (non-hydrogen) atoms. The fourth-order valence-electron chi connectivity index (χ4n) is 2.11. The van der Waals surface area contributed by atoms with E-state index in [0.29, 0.717) is 8.58 Å². The first-order valence-electron chi connectivity index (χ1n) is 8.84. The molecular formula is C15H34F6OP2. The van der Waals surface area contributed by atoms with E-state index in [1.807, 2.05) is 0 Å². The van der Waals surface area contributed by atoms with Gasteiger partial charge in [0.1, 0.15) is 0 Å².